The number of hydrogen-bond acceptors (Lipinski definition) is 4. The quantitative estimate of drug-likeness (QED) is 0.692. The number of amides is 1. The second-order valence-electron chi connectivity index (χ2n) is 7.38. The Labute approximate surface area is 155 Å². The number of unbranched alkanes of at least 4 members (excludes halogenated alkanes) is 2. The lowest BCUT2D eigenvalue weighted by molar-refractivity contribution is -0.131. The molecule has 2 unspecified atom stereocenters. The topological polar surface area (TPSA) is 55.8 Å². The lowest BCUT2D eigenvalue weighted by atomic mass is 9.81. The molecule has 0 N–H and O–H groups in total. The van der Waals surface area contributed by atoms with Crippen molar-refractivity contribution in [1.29, 1.82) is 0 Å². The number of Topliss-reactive ketones (excluding diaryl/α,β-unsaturated/α-hetero) is 1. The van der Waals surface area contributed by atoms with E-state index in [-0.39, 0.29) is 30.7 Å². The van der Waals surface area contributed by atoms with Gasteiger partial charge in [-0.3, -0.25) is 9.69 Å². The molecule has 1 amide bonds. The first-order valence-corrected chi connectivity index (χ1v) is 9.78. The summed E-state index contributed by atoms with van der Waals surface area (Å²) in [6.07, 6.45) is 4.97. The first-order valence-electron chi connectivity index (χ1n) is 9.78. The van der Waals surface area contributed by atoms with Gasteiger partial charge >= 0.3 is 6.09 Å². The number of carbonyl (C=O) groups excluding carboxylic acids is 2. The fourth-order valence-corrected chi connectivity index (χ4v) is 4.02. The molecule has 26 heavy (non-hydrogen) atoms. The summed E-state index contributed by atoms with van der Waals surface area (Å²) in [6.45, 7) is 3.41. The van der Waals surface area contributed by atoms with Gasteiger partial charge in [-0.15, -0.1) is 0 Å². The average Bonchev–Trinajstić information content (AvgIpc) is 2.66. The number of morpholine rings is 1. The van der Waals surface area contributed by atoms with Crippen LogP contribution in [0.4, 0.5) is 4.79 Å². The number of nitrogens with zero attached hydrogens (tertiary/aromatic N) is 1. The van der Waals surface area contributed by atoms with Crippen LogP contribution in [0.15, 0.2) is 30.3 Å². The van der Waals surface area contributed by atoms with Crippen LogP contribution in [0.3, 0.4) is 0 Å². The molecular formula is C21H29NO4. The SMILES string of the molecule is CCCCCC(=O)C1CC2COCC(C1)N2C(=O)OCc1ccccc1. The number of benzene rings is 1. The standard InChI is InChI=1S/C21H29NO4/c1-2-3-5-10-20(23)17-11-18-14-25-15-19(12-17)22(18)21(24)26-13-16-8-6-4-7-9-16/h4,6-9,17-19H,2-3,5,10-15H2,1H3. The number of ketones is 1. The van der Waals surface area contributed by atoms with Gasteiger partial charge in [-0.1, -0.05) is 50.1 Å². The highest BCUT2D eigenvalue weighted by Crippen LogP contribution is 2.33. The first-order chi connectivity index (χ1) is 12.7. The second-order valence-corrected chi connectivity index (χ2v) is 7.38. The maximum absolute atomic E-state index is 12.6. The number of piperidine rings is 1. The molecule has 2 aliphatic rings. The van der Waals surface area contributed by atoms with E-state index in [2.05, 4.69) is 6.92 Å². The normalized spacial score (nSPS) is 25.0. The number of carbonyl (C=O) groups is 2. The Morgan fingerprint density at radius 3 is 2.46 bits per heavy atom. The van der Waals surface area contributed by atoms with Crippen LogP contribution in [-0.4, -0.2) is 42.1 Å². The second kappa shape index (κ2) is 9.17. The summed E-state index contributed by atoms with van der Waals surface area (Å²) in [4.78, 5) is 27.0. The highest BCUT2D eigenvalue weighted by molar-refractivity contribution is 5.81. The third kappa shape index (κ3) is 4.64. The van der Waals surface area contributed by atoms with Gasteiger partial charge < -0.3 is 9.47 Å². The molecule has 2 saturated heterocycles. The van der Waals surface area contributed by atoms with E-state index >= 15 is 0 Å². The van der Waals surface area contributed by atoms with Gasteiger partial charge in [0.05, 0.1) is 25.3 Å². The van der Waals surface area contributed by atoms with E-state index in [4.69, 9.17) is 9.47 Å². The van der Waals surface area contributed by atoms with Crippen LogP contribution in [0.1, 0.15) is 51.0 Å². The van der Waals surface area contributed by atoms with E-state index in [1.807, 2.05) is 35.2 Å². The van der Waals surface area contributed by atoms with Crippen LogP contribution in [0.5, 0.6) is 0 Å². The maximum atomic E-state index is 12.6. The Kier molecular flexibility index (Phi) is 6.67. The van der Waals surface area contributed by atoms with Gasteiger partial charge in [-0.05, 0) is 24.8 Å². The van der Waals surface area contributed by atoms with Gasteiger partial charge in [0.2, 0.25) is 0 Å². The molecule has 0 saturated carbocycles. The summed E-state index contributed by atoms with van der Waals surface area (Å²) in [5, 5.41) is 0. The maximum Gasteiger partial charge on any atom is 0.410 e. The summed E-state index contributed by atoms with van der Waals surface area (Å²) in [5.41, 5.74) is 0.975. The molecule has 5 nitrogen and oxygen atoms in total. The zero-order chi connectivity index (χ0) is 18.4. The molecule has 2 atom stereocenters. The van der Waals surface area contributed by atoms with E-state index < -0.39 is 0 Å². The van der Waals surface area contributed by atoms with Crippen LogP contribution in [0.25, 0.3) is 0 Å². The van der Waals surface area contributed by atoms with E-state index in [0.29, 0.717) is 38.3 Å². The summed E-state index contributed by atoms with van der Waals surface area (Å²) < 4.78 is 11.2. The first kappa shape index (κ1) is 18.9. The fourth-order valence-electron chi connectivity index (χ4n) is 4.02. The molecule has 2 heterocycles. The monoisotopic (exact) mass is 359 g/mol. The molecule has 0 aliphatic carbocycles. The minimum Gasteiger partial charge on any atom is -0.445 e. The minimum absolute atomic E-state index is 0.0501. The van der Waals surface area contributed by atoms with Gasteiger partial charge in [-0.25, -0.2) is 4.79 Å². The molecule has 142 valence electrons. The van der Waals surface area contributed by atoms with Crippen molar-refractivity contribution >= 4 is 11.9 Å². The van der Waals surface area contributed by atoms with Crippen LogP contribution >= 0.6 is 0 Å². The summed E-state index contributed by atoms with van der Waals surface area (Å²) in [5.74, 6) is 0.414. The van der Waals surface area contributed by atoms with Crippen LogP contribution < -0.4 is 0 Å². The summed E-state index contributed by atoms with van der Waals surface area (Å²) >= 11 is 0. The number of rotatable bonds is 7. The molecule has 3 rings (SSSR count). The van der Waals surface area contributed by atoms with Crippen LogP contribution in [0.2, 0.25) is 0 Å². The lowest BCUT2D eigenvalue weighted by Gasteiger charge is -2.47. The van der Waals surface area contributed by atoms with Crippen molar-refractivity contribution in [3.8, 4) is 0 Å². The molecule has 0 radical (unpaired) electrons. The summed E-state index contributed by atoms with van der Waals surface area (Å²) in [6, 6.07) is 9.59. The average molecular weight is 359 g/mol. The van der Waals surface area contributed by atoms with E-state index in [1.165, 1.54) is 0 Å². The van der Waals surface area contributed by atoms with Gasteiger partial charge in [0, 0.05) is 12.3 Å². The van der Waals surface area contributed by atoms with E-state index in [0.717, 1.165) is 24.8 Å². The van der Waals surface area contributed by atoms with Crippen molar-refractivity contribution in [3.63, 3.8) is 0 Å². The molecule has 2 aliphatic heterocycles. The highest BCUT2D eigenvalue weighted by Gasteiger charge is 2.44. The van der Waals surface area contributed by atoms with Gasteiger partial charge in [0.25, 0.3) is 0 Å². The molecule has 2 bridgehead atoms. The molecule has 0 aromatic heterocycles. The lowest BCUT2D eigenvalue weighted by Crippen LogP contribution is -2.59. The van der Waals surface area contributed by atoms with Gasteiger partial charge in [-0.2, -0.15) is 0 Å². The molecule has 2 fully saturated rings. The van der Waals surface area contributed by atoms with Gasteiger partial charge in [0.15, 0.2) is 0 Å². The van der Waals surface area contributed by atoms with E-state index in [9.17, 15) is 9.59 Å². The molecule has 1 aromatic rings. The Morgan fingerprint density at radius 1 is 1.12 bits per heavy atom. The third-order valence-electron chi connectivity index (χ3n) is 5.42. The Bertz CT molecular complexity index is 589. The van der Waals surface area contributed by atoms with Crippen LogP contribution in [-0.2, 0) is 20.9 Å². The molecule has 0 spiro atoms. The van der Waals surface area contributed by atoms with Crippen molar-refractivity contribution in [1.82, 2.24) is 4.90 Å². The molecule has 1 aromatic carbocycles. The van der Waals surface area contributed by atoms with Crippen molar-refractivity contribution in [2.24, 2.45) is 5.92 Å². The minimum atomic E-state index is -0.288. The number of fused-ring (bicyclic) bond motifs is 2. The van der Waals surface area contributed by atoms with Crippen LogP contribution in [0, 0.1) is 5.92 Å². The highest BCUT2D eigenvalue weighted by atomic mass is 16.6. The van der Waals surface area contributed by atoms with Crippen molar-refractivity contribution in [3.05, 3.63) is 35.9 Å². The Balaban J connectivity index is 1.56. The van der Waals surface area contributed by atoms with Crippen molar-refractivity contribution in [2.45, 2.75) is 64.1 Å². The smallest absolute Gasteiger partial charge is 0.410 e. The van der Waals surface area contributed by atoms with Crippen molar-refractivity contribution in [2.75, 3.05) is 13.2 Å². The molecular weight excluding hydrogens is 330 g/mol. The Hall–Kier alpha value is -1.88. The predicted octanol–water partition coefficient (Wildman–Crippen LogP) is 3.95. The number of ether oxygens (including phenoxy) is 2. The molecule has 5 heteroatoms. The Morgan fingerprint density at radius 2 is 1.81 bits per heavy atom. The predicted molar refractivity (Wildman–Crippen MR) is 98.7 cm³/mol. The zero-order valence-corrected chi connectivity index (χ0v) is 15.6. The largest absolute Gasteiger partial charge is 0.445 e. The van der Waals surface area contributed by atoms with Crippen molar-refractivity contribution < 1.29 is 19.1 Å². The number of hydrogen-bond donors (Lipinski definition) is 0. The van der Waals surface area contributed by atoms with E-state index in [1.54, 1.807) is 0 Å². The third-order valence-corrected chi connectivity index (χ3v) is 5.42. The van der Waals surface area contributed by atoms with Gasteiger partial charge in [0.1, 0.15) is 12.4 Å². The summed E-state index contributed by atoms with van der Waals surface area (Å²) in [7, 11) is 0. The fraction of sp³-hybridized carbons (Fsp3) is 0.619. The zero-order valence-electron chi connectivity index (χ0n) is 15.6.